The van der Waals surface area contributed by atoms with Crippen molar-refractivity contribution in [3.8, 4) is 0 Å². The van der Waals surface area contributed by atoms with E-state index in [1.54, 1.807) is 12.1 Å². The molecule has 5 heteroatoms. The molecule has 1 aromatic carbocycles. The maximum absolute atomic E-state index is 11.1. The Hall–Kier alpha value is -1.91. The molecule has 1 aromatic rings. The number of rotatable bonds is 6. The van der Waals surface area contributed by atoms with E-state index >= 15 is 0 Å². The van der Waals surface area contributed by atoms with Crippen LogP contribution in [0.2, 0.25) is 0 Å². The monoisotopic (exact) mass is 290 g/mol. The first kappa shape index (κ1) is 15.5. The van der Waals surface area contributed by atoms with E-state index in [0.717, 1.165) is 18.8 Å². The Bertz CT molecular complexity index is 508. The first-order chi connectivity index (χ1) is 10.1. The third kappa shape index (κ3) is 4.03. The van der Waals surface area contributed by atoms with Gasteiger partial charge in [0.15, 0.2) is 0 Å². The molecule has 1 aliphatic carbocycles. The topological polar surface area (TPSA) is 72.2 Å². The predicted octanol–water partition coefficient (Wildman–Crippen LogP) is 4.18. The summed E-state index contributed by atoms with van der Waals surface area (Å²) in [5, 5.41) is 14.4. The van der Waals surface area contributed by atoms with Crippen molar-refractivity contribution in [1.82, 2.24) is 0 Å². The zero-order chi connectivity index (χ0) is 15.2. The largest absolute Gasteiger partial charge is 0.377 e. The number of hydrogen-bond acceptors (Lipinski definition) is 4. The highest BCUT2D eigenvalue weighted by Crippen LogP contribution is 2.32. The minimum absolute atomic E-state index is 0.0183. The van der Waals surface area contributed by atoms with Gasteiger partial charge < -0.3 is 5.32 Å². The number of nitro benzene ring substituents is 1. The van der Waals surface area contributed by atoms with Crippen LogP contribution in [0.5, 0.6) is 0 Å². The van der Waals surface area contributed by atoms with Crippen molar-refractivity contribution < 1.29 is 9.72 Å². The fourth-order valence-electron chi connectivity index (χ4n) is 3.12. The maximum Gasteiger partial charge on any atom is 0.293 e. The van der Waals surface area contributed by atoms with Crippen LogP contribution in [0.15, 0.2) is 18.2 Å². The number of nitrogens with zero attached hydrogens (tertiary/aromatic N) is 1. The van der Waals surface area contributed by atoms with Crippen LogP contribution < -0.4 is 5.32 Å². The summed E-state index contributed by atoms with van der Waals surface area (Å²) in [5.74, 6) is 0.806. The summed E-state index contributed by atoms with van der Waals surface area (Å²) in [4.78, 5) is 21.4. The lowest BCUT2D eigenvalue weighted by atomic mass is 9.83. The second-order valence-corrected chi connectivity index (χ2v) is 5.80. The molecule has 21 heavy (non-hydrogen) atoms. The van der Waals surface area contributed by atoms with Crippen molar-refractivity contribution in [2.45, 2.75) is 51.5 Å². The average molecular weight is 290 g/mol. The molecular formula is C16H22N2O3. The molecule has 1 fully saturated rings. The number of nitrogens with one attached hydrogen (secondary N) is 1. The third-order valence-electron chi connectivity index (χ3n) is 4.26. The molecule has 0 spiro atoms. The van der Waals surface area contributed by atoms with Crippen molar-refractivity contribution in [1.29, 1.82) is 0 Å². The molecular weight excluding hydrogens is 268 g/mol. The Labute approximate surface area is 124 Å². The van der Waals surface area contributed by atoms with Gasteiger partial charge in [0.1, 0.15) is 12.0 Å². The van der Waals surface area contributed by atoms with Crippen LogP contribution in [-0.2, 0) is 0 Å². The third-order valence-corrected chi connectivity index (χ3v) is 4.26. The number of benzene rings is 1. The Balaban J connectivity index is 2.03. The van der Waals surface area contributed by atoms with E-state index in [1.807, 2.05) is 0 Å². The molecule has 0 saturated heterocycles. The van der Waals surface area contributed by atoms with Crippen LogP contribution in [0.25, 0.3) is 0 Å². The molecule has 0 bridgehead atoms. The van der Waals surface area contributed by atoms with E-state index in [2.05, 4.69) is 12.2 Å². The SMILES string of the molecule is CCCC1CCC(Nc2ccc(C=O)cc2[N+](=O)[O-])CC1. The number of nitro groups is 1. The summed E-state index contributed by atoms with van der Waals surface area (Å²) in [7, 11) is 0. The Morgan fingerprint density at radius 1 is 1.33 bits per heavy atom. The molecule has 0 unspecified atom stereocenters. The van der Waals surface area contributed by atoms with Gasteiger partial charge in [0.05, 0.1) is 4.92 Å². The molecule has 114 valence electrons. The van der Waals surface area contributed by atoms with Crippen LogP contribution in [0, 0.1) is 16.0 Å². The van der Waals surface area contributed by atoms with Crippen molar-refractivity contribution in [2.24, 2.45) is 5.92 Å². The second kappa shape index (κ2) is 7.20. The van der Waals surface area contributed by atoms with Gasteiger partial charge in [-0.05, 0) is 43.7 Å². The Kier molecular flexibility index (Phi) is 5.31. The number of carbonyl (C=O) groups is 1. The summed E-state index contributed by atoms with van der Waals surface area (Å²) in [6, 6.07) is 4.88. The number of carbonyl (C=O) groups excluding carboxylic acids is 1. The van der Waals surface area contributed by atoms with Crippen LogP contribution in [-0.4, -0.2) is 17.3 Å². The van der Waals surface area contributed by atoms with Gasteiger partial charge in [-0.15, -0.1) is 0 Å². The van der Waals surface area contributed by atoms with Gasteiger partial charge in [-0.25, -0.2) is 0 Å². The Morgan fingerprint density at radius 2 is 2.05 bits per heavy atom. The van der Waals surface area contributed by atoms with Crippen LogP contribution >= 0.6 is 0 Å². The van der Waals surface area contributed by atoms with Gasteiger partial charge >= 0.3 is 0 Å². The van der Waals surface area contributed by atoms with Crippen LogP contribution in [0.3, 0.4) is 0 Å². The summed E-state index contributed by atoms with van der Waals surface area (Å²) in [6.07, 6.45) is 7.61. The lowest BCUT2D eigenvalue weighted by Gasteiger charge is -2.29. The first-order valence-corrected chi connectivity index (χ1v) is 7.64. The minimum Gasteiger partial charge on any atom is -0.377 e. The fourth-order valence-corrected chi connectivity index (χ4v) is 3.12. The van der Waals surface area contributed by atoms with E-state index in [-0.39, 0.29) is 5.69 Å². The van der Waals surface area contributed by atoms with Gasteiger partial charge in [-0.1, -0.05) is 19.8 Å². The molecule has 0 atom stereocenters. The van der Waals surface area contributed by atoms with Crippen LogP contribution in [0.4, 0.5) is 11.4 Å². The van der Waals surface area contributed by atoms with Gasteiger partial charge in [0.25, 0.3) is 5.69 Å². The van der Waals surface area contributed by atoms with E-state index in [4.69, 9.17) is 0 Å². The van der Waals surface area contributed by atoms with E-state index in [0.29, 0.717) is 23.6 Å². The lowest BCUT2D eigenvalue weighted by molar-refractivity contribution is -0.384. The van der Waals surface area contributed by atoms with Crippen molar-refractivity contribution in [2.75, 3.05) is 5.32 Å². The van der Waals surface area contributed by atoms with Crippen molar-refractivity contribution in [3.63, 3.8) is 0 Å². The molecule has 1 N–H and O–H groups in total. The van der Waals surface area contributed by atoms with E-state index < -0.39 is 4.92 Å². The smallest absolute Gasteiger partial charge is 0.293 e. The predicted molar refractivity (Wildman–Crippen MR) is 82.8 cm³/mol. The molecule has 1 aliphatic rings. The maximum atomic E-state index is 11.1. The zero-order valence-electron chi connectivity index (χ0n) is 12.4. The summed E-state index contributed by atoms with van der Waals surface area (Å²) in [5.41, 5.74) is 0.832. The van der Waals surface area contributed by atoms with Crippen molar-refractivity contribution >= 4 is 17.7 Å². The molecule has 0 aromatic heterocycles. The highest BCUT2D eigenvalue weighted by atomic mass is 16.6. The average Bonchev–Trinajstić information content (AvgIpc) is 2.49. The molecule has 2 rings (SSSR count). The quantitative estimate of drug-likeness (QED) is 0.484. The summed E-state index contributed by atoms with van der Waals surface area (Å²) in [6.45, 7) is 2.21. The highest BCUT2D eigenvalue weighted by molar-refractivity contribution is 5.79. The molecule has 0 radical (unpaired) electrons. The van der Waals surface area contributed by atoms with E-state index in [1.165, 1.54) is 31.7 Å². The molecule has 0 heterocycles. The normalized spacial score (nSPS) is 21.8. The molecule has 5 nitrogen and oxygen atoms in total. The molecule has 1 saturated carbocycles. The van der Waals surface area contributed by atoms with Crippen molar-refractivity contribution in [3.05, 3.63) is 33.9 Å². The van der Waals surface area contributed by atoms with E-state index in [9.17, 15) is 14.9 Å². The fraction of sp³-hybridized carbons (Fsp3) is 0.562. The van der Waals surface area contributed by atoms with Gasteiger partial charge in [0, 0.05) is 17.7 Å². The second-order valence-electron chi connectivity index (χ2n) is 5.80. The number of anilines is 1. The van der Waals surface area contributed by atoms with Gasteiger partial charge in [-0.3, -0.25) is 14.9 Å². The van der Waals surface area contributed by atoms with Gasteiger partial charge in [0.2, 0.25) is 0 Å². The number of aldehydes is 1. The highest BCUT2D eigenvalue weighted by Gasteiger charge is 2.23. The molecule has 0 amide bonds. The lowest BCUT2D eigenvalue weighted by Crippen LogP contribution is -2.26. The minimum atomic E-state index is -0.432. The summed E-state index contributed by atoms with van der Waals surface area (Å²) >= 11 is 0. The van der Waals surface area contributed by atoms with Crippen LogP contribution in [0.1, 0.15) is 55.8 Å². The van der Waals surface area contributed by atoms with Gasteiger partial charge in [-0.2, -0.15) is 0 Å². The first-order valence-electron chi connectivity index (χ1n) is 7.64. The molecule has 0 aliphatic heterocycles. The summed E-state index contributed by atoms with van der Waals surface area (Å²) < 4.78 is 0. The Morgan fingerprint density at radius 3 is 2.62 bits per heavy atom. The zero-order valence-corrected chi connectivity index (χ0v) is 12.4. The standard InChI is InChI=1S/C16H22N2O3/c1-2-3-12-4-7-14(8-5-12)17-15-9-6-13(11-19)10-16(15)18(20)21/h6,9-12,14,17H,2-5,7-8H2,1H3. The number of hydrogen-bond donors (Lipinski definition) is 1.